The first-order valence-electron chi connectivity index (χ1n) is 11.5. The fraction of sp³-hybridized carbons (Fsp3) is 0.346. The number of aromatic nitrogens is 1. The molecule has 1 aromatic heterocycles. The molecule has 172 valence electrons. The predicted octanol–water partition coefficient (Wildman–Crippen LogP) is 4.56. The molecule has 1 N–H and O–H groups in total. The molecule has 4 aliphatic rings. The van der Waals surface area contributed by atoms with E-state index in [4.69, 9.17) is 0 Å². The van der Waals surface area contributed by atoms with Gasteiger partial charge in [-0.2, -0.15) is 0 Å². The number of anilines is 1. The van der Waals surface area contributed by atoms with Crippen LogP contribution in [0.4, 0.5) is 10.1 Å². The van der Waals surface area contributed by atoms with Crippen molar-refractivity contribution in [3.63, 3.8) is 0 Å². The third kappa shape index (κ3) is 2.69. The van der Waals surface area contributed by atoms with Gasteiger partial charge in [-0.25, -0.2) is 4.39 Å². The second-order valence-electron chi connectivity index (χ2n) is 9.86. The van der Waals surface area contributed by atoms with Gasteiger partial charge in [-0.3, -0.25) is 19.3 Å². The van der Waals surface area contributed by atoms with E-state index < -0.39 is 0 Å². The van der Waals surface area contributed by atoms with E-state index >= 15 is 0 Å². The maximum Gasteiger partial charge on any atom is 0.305 e. The maximum atomic E-state index is 13.7. The lowest BCUT2D eigenvalue weighted by Gasteiger charge is -2.43. The number of nitrogens with one attached hydrogen (secondary N) is 1. The number of rotatable bonds is 2. The summed E-state index contributed by atoms with van der Waals surface area (Å²) in [6, 6.07) is 14.1. The Morgan fingerprint density at radius 1 is 0.941 bits per heavy atom. The van der Waals surface area contributed by atoms with Crippen LogP contribution in [0.5, 0.6) is 0 Å². The summed E-state index contributed by atoms with van der Waals surface area (Å²) in [6.07, 6.45) is 0.841. The fourth-order valence-electron chi connectivity index (χ4n) is 7.01. The number of thiazole rings is 1. The van der Waals surface area contributed by atoms with Crippen molar-refractivity contribution in [2.24, 2.45) is 29.6 Å². The van der Waals surface area contributed by atoms with Crippen LogP contribution in [-0.2, 0) is 9.59 Å². The van der Waals surface area contributed by atoms with Crippen molar-refractivity contribution in [1.29, 1.82) is 0 Å². The zero-order valence-electron chi connectivity index (χ0n) is 18.2. The van der Waals surface area contributed by atoms with Gasteiger partial charge in [0.1, 0.15) is 5.82 Å². The highest BCUT2D eigenvalue weighted by Gasteiger charge is 2.69. The highest BCUT2D eigenvalue weighted by atomic mass is 32.2. The van der Waals surface area contributed by atoms with E-state index in [2.05, 4.69) is 4.98 Å². The SMILES string of the molecule is Cc1ccc(N2C(=O)C3C(C2=O)[C@@H]2C[C@H]3C3Sc4[nH]c(=O)sc4C(c4ccc(F)cc4)C32)cc1. The van der Waals surface area contributed by atoms with Crippen LogP contribution in [0, 0.1) is 42.3 Å². The topological polar surface area (TPSA) is 70.2 Å². The standard InChI is InChI=1S/C26H21FN2O3S2/c1-11-2-8-14(9-3-11)29-24(30)19-15-10-16(20(19)25(29)31)21-18(15)17(12-4-6-13(27)7-5-12)22-23(33-21)28-26(32)34-22/h2-9,15-21H,10H2,1H3,(H,28,32)/t15-,16-,17?,18?,19?,20?,21?/m1/s1. The quantitative estimate of drug-likeness (QED) is 0.533. The molecule has 5 nitrogen and oxygen atoms in total. The van der Waals surface area contributed by atoms with Gasteiger partial charge in [0.25, 0.3) is 0 Å². The first-order valence-corrected chi connectivity index (χ1v) is 13.2. The summed E-state index contributed by atoms with van der Waals surface area (Å²) in [5.41, 5.74) is 2.68. The lowest BCUT2D eigenvalue weighted by molar-refractivity contribution is -0.123. The van der Waals surface area contributed by atoms with Crippen molar-refractivity contribution < 1.29 is 14.0 Å². The Morgan fingerprint density at radius 3 is 2.32 bits per heavy atom. The minimum atomic E-state index is -0.333. The number of H-pyrrole nitrogens is 1. The third-order valence-corrected chi connectivity index (χ3v) is 10.8. The number of benzene rings is 2. The largest absolute Gasteiger partial charge is 0.307 e. The number of aryl methyl sites for hydroxylation is 1. The molecule has 7 atom stereocenters. The normalized spacial score (nSPS) is 33.2. The summed E-state index contributed by atoms with van der Waals surface area (Å²) in [7, 11) is 0. The molecular formula is C26H21FN2O3S2. The Balaban J connectivity index is 1.32. The number of halogens is 1. The van der Waals surface area contributed by atoms with Gasteiger partial charge in [-0.15, -0.1) is 11.8 Å². The molecule has 2 amide bonds. The van der Waals surface area contributed by atoms with E-state index in [0.717, 1.165) is 27.5 Å². The molecule has 1 saturated heterocycles. The van der Waals surface area contributed by atoms with Gasteiger partial charge in [0, 0.05) is 16.0 Å². The zero-order chi connectivity index (χ0) is 23.3. The van der Waals surface area contributed by atoms with Crippen LogP contribution in [0.15, 0.2) is 58.4 Å². The molecule has 7 rings (SSSR count). The Bertz CT molecular complexity index is 1400. The van der Waals surface area contributed by atoms with Crippen molar-refractivity contribution >= 4 is 40.6 Å². The van der Waals surface area contributed by atoms with Crippen molar-refractivity contribution in [2.45, 2.75) is 29.5 Å². The van der Waals surface area contributed by atoms with Gasteiger partial charge in [0.15, 0.2) is 0 Å². The number of amides is 2. The number of thioether (sulfide) groups is 1. The van der Waals surface area contributed by atoms with Gasteiger partial charge < -0.3 is 4.98 Å². The first kappa shape index (κ1) is 20.6. The molecular weight excluding hydrogens is 471 g/mol. The van der Waals surface area contributed by atoms with E-state index in [1.807, 2.05) is 31.2 Å². The molecule has 0 spiro atoms. The minimum Gasteiger partial charge on any atom is -0.307 e. The lowest BCUT2D eigenvalue weighted by atomic mass is 9.68. The third-order valence-electron chi connectivity index (χ3n) is 8.25. The Kier molecular flexibility index (Phi) is 4.34. The molecule has 8 heteroatoms. The zero-order valence-corrected chi connectivity index (χ0v) is 19.9. The second-order valence-corrected chi connectivity index (χ2v) is 12.1. The molecule has 3 aromatic rings. The number of aromatic amines is 1. The molecule has 2 aliphatic heterocycles. The molecule has 5 unspecified atom stereocenters. The number of carbonyl (C=O) groups excluding carboxylic acids is 2. The predicted molar refractivity (Wildman–Crippen MR) is 129 cm³/mol. The Morgan fingerprint density at radius 2 is 1.62 bits per heavy atom. The van der Waals surface area contributed by atoms with Gasteiger partial charge >= 0.3 is 4.87 Å². The monoisotopic (exact) mass is 492 g/mol. The van der Waals surface area contributed by atoms with Crippen LogP contribution in [-0.4, -0.2) is 22.0 Å². The number of fused-ring (bicyclic) bond motifs is 9. The lowest BCUT2D eigenvalue weighted by Crippen LogP contribution is -2.42. The molecule has 2 saturated carbocycles. The average Bonchev–Trinajstić information content (AvgIpc) is 3.54. The van der Waals surface area contributed by atoms with Crippen molar-refractivity contribution in [3.8, 4) is 0 Å². The van der Waals surface area contributed by atoms with E-state index in [0.29, 0.717) is 5.69 Å². The highest BCUT2D eigenvalue weighted by Crippen LogP contribution is 2.68. The Hall–Kier alpha value is -2.71. The first-order chi connectivity index (χ1) is 16.4. The minimum absolute atomic E-state index is 0.0554. The van der Waals surface area contributed by atoms with E-state index in [1.54, 1.807) is 23.9 Å². The summed E-state index contributed by atoms with van der Waals surface area (Å²) in [5.74, 6) is -0.959. The molecule has 2 aromatic carbocycles. The number of carbonyl (C=O) groups is 2. The van der Waals surface area contributed by atoms with Gasteiger partial charge in [-0.05, 0) is 60.9 Å². The Labute approximate surface area is 203 Å². The summed E-state index contributed by atoms with van der Waals surface area (Å²) in [5, 5.41) is 0.996. The van der Waals surface area contributed by atoms with Crippen LogP contribution >= 0.6 is 23.1 Å². The second kappa shape index (κ2) is 7.15. The van der Waals surface area contributed by atoms with Crippen molar-refractivity contribution in [2.75, 3.05) is 4.90 Å². The van der Waals surface area contributed by atoms with Gasteiger partial charge in [0.2, 0.25) is 11.8 Å². The van der Waals surface area contributed by atoms with E-state index in [-0.39, 0.29) is 63.3 Å². The molecule has 3 fully saturated rings. The molecule has 0 radical (unpaired) electrons. The highest BCUT2D eigenvalue weighted by molar-refractivity contribution is 8.00. The van der Waals surface area contributed by atoms with Gasteiger partial charge in [-0.1, -0.05) is 41.2 Å². The summed E-state index contributed by atoms with van der Waals surface area (Å²) in [6.45, 7) is 1.98. The number of imide groups is 1. The smallest absolute Gasteiger partial charge is 0.305 e. The van der Waals surface area contributed by atoms with Crippen molar-refractivity contribution in [3.05, 3.63) is 80.0 Å². The van der Waals surface area contributed by atoms with Crippen LogP contribution in [0.1, 0.15) is 28.3 Å². The van der Waals surface area contributed by atoms with E-state index in [9.17, 15) is 18.8 Å². The van der Waals surface area contributed by atoms with Crippen LogP contribution in [0.3, 0.4) is 0 Å². The molecule has 2 aliphatic carbocycles. The summed E-state index contributed by atoms with van der Waals surface area (Å²) < 4.78 is 13.7. The van der Waals surface area contributed by atoms with Gasteiger partial charge in [0.05, 0.1) is 22.5 Å². The van der Waals surface area contributed by atoms with Crippen molar-refractivity contribution in [1.82, 2.24) is 4.98 Å². The number of hydrogen-bond donors (Lipinski definition) is 1. The van der Waals surface area contributed by atoms with Crippen LogP contribution < -0.4 is 9.77 Å². The fourth-order valence-corrected chi connectivity index (χ4v) is 9.90. The molecule has 3 heterocycles. The van der Waals surface area contributed by atoms with Crippen LogP contribution in [0.2, 0.25) is 0 Å². The summed E-state index contributed by atoms with van der Waals surface area (Å²) in [4.78, 5) is 44.8. The number of hydrogen-bond acceptors (Lipinski definition) is 5. The van der Waals surface area contributed by atoms with Crippen LogP contribution in [0.25, 0.3) is 0 Å². The molecule has 34 heavy (non-hydrogen) atoms. The number of nitrogens with zero attached hydrogens (tertiary/aromatic N) is 1. The average molecular weight is 493 g/mol. The van der Waals surface area contributed by atoms with E-state index in [1.165, 1.54) is 28.4 Å². The maximum absolute atomic E-state index is 13.7. The molecule has 2 bridgehead atoms. The summed E-state index contributed by atoms with van der Waals surface area (Å²) >= 11 is 2.87.